The molecular formula is C17H26O4. The van der Waals surface area contributed by atoms with Crippen molar-refractivity contribution in [2.75, 3.05) is 6.61 Å². The topological polar surface area (TPSA) is 63.6 Å². The number of esters is 1. The summed E-state index contributed by atoms with van der Waals surface area (Å²) in [7, 11) is 0. The number of ether oxygens (including phenoxy) is 1. The Bertz CT molecular complexity index is 481. The van der Waals surface area contributed by atoms with Crippen molar-refractivity contribution in [3.8, 4) is 0 Å². The first kappa shape index (κ1) is 16.2. The van der Waals surface area contributed by atoms with E-state index in [0.29, 0.717) is 6.42 Å². The second-order valence-electron chi connectivity index (χ2n) is 6.48. The van der Waals surface area contributed by atoms with Crippen LogP contribution in [0.3, 0.4) is 0 Å². The molecule has 0 saturated heterocycles. The van der Waals surface area contributed by atoms with Crippen LogP contribution in [0.25, 0.3) is 0 Å². The molecule has 4 heteroatoms. The van der Waals surface area contributed by atoms with Gasteiger partial charge in [0, 0.05) is 5.41 Å². The largest absolute Gasteiger partial charge is 0.462 e. The molecule has 0 amide bonds. The average molecular weight is 294 g/mol. The highest BCUT2D eigenvalue weighted by atomic mass is 16.5. The molecule has 0 aromatic rings. The van der Waals surface area contributed by atoms with Crippen LogP contribution in [0.2, 0.25) is 0 Å². The van der Waals surface area contributed by atoms with Gasteiger partial charge in [0.1, 0.15) is 5.57 Å². The van der Waals surface area contributed by atoms with Crippen LogP contribution in [0, 0.1) is 11.3 Å². The number of carbonyl (C=O) groups excluding carboxylic acids is 2. The molecule has 1 saturated carbocycles. The van der Waals surface area contributed by atoms with Gasteiger partial charge in [-0.15, -0.1) is 0 Å². The second kappa shape index (κ2) is 5.56. The summed E-state index contributed by atoms with van der Waals surface area (Å²) in [5.41, 5.74) is -0.616. The Kier molecular flexibility index (Phi) is 4.29. The number of carbonyl (C=O) groups is 2. The number of rotatable bonds is 3. The van der Waals surface area contributed by atoms with Crippen LogP contribution in [0.15, 0.2) is 11.1 Å². The highest BCUT2D eigenvalue weighted by Crippen LogP contribution is 2.58. The molecule has 2 unspecified atom stereocenters. The predicted molar refractivity (Wildman–Crippen MR) is 79.6 cm³/mol. The van der Waals surface area contributed by atoms with Crippen LogP contribution in [0.4, 0.5) is 0 Å². The number of aliphatic hydroxyl groups is 1. The van der Waals surface area contributed by atoms with Crippen molar-refractivity contribution < 1.29 is 19.4 Å². The van der Waals surface area contributed by atoms with Gasteiger partial charge in [-0.25, -0.2) is 4.79 Å². The van der Waals surface area contributed by atoms with Gasteiger partial charge >= 0.3 is 5.97 Å². The van der Waals surface area contributed by atoms with Crippen LogP contribution >= 0.6 is 0 Å². The second-order valence-corrected chi connectivity index (χ2v) is 6.48. The minimum absolute atomic E-state index is 0.192. The first-order chi connectivity index (χ1) is 9.83. The maximum Gasteiger partial charge on any atom is 0.341 e. The lowest BCUT2D eigenvalue weighted by Crippen LogP contribution is -2.57. The Morgan fingerprint density at radius 3 is 2.38 bits per heavy atom. The number of ketones is 1. The van der Waals surface area contributed by atoms with E-state index >= 15 is 0 Å². The van der Waals surface area contributed by atoms with Crippen LogP contribution in [0.5, 0.6) is 0 Å². The molecule has 118 valence electrons. The number of hydrogen-bond donors (Lipinski definition) is 1. The lowest BCUT2D eigenvalue weighted by atomic mass is 9.55. The van der Waals surface area contributed by atoms with E-state index in [1.807, 2.05) is 13.8 Å². The minimum Gasteiger partial charge on any atom is -0.462 e. The Hall–Kier alpha value is -1.16. The Balaban J connectivity index is 2.62. The first-order valence-electron chi connectivity index (χ1n) is 7.98. The van der Waals surface area contributed by atoms with Crippen molar-refractivity contribution in [3.05, 3.63) is 11.1 Å². The molecule has 2 rings (SSSR count). The summed E-state index contributed by atoms with van der Waals surface area (Å²) in [6, 6.07) is 0. The molecule has 1 N–H and O–H groups in total. The van der Waals surface area contributed by atoms with Crippen molar-refractivity contribution in [2.24, 2.45) is 11.3 Å². The maximum atomic E-state index is 12.7. The fraction of sp³-hybridized carbons (Fsp3) is 0.765. The van der Waals surface area contributed by atoms with Gasteiger partial charge in [0.25, 0.3) is 0 Å². The third-order valence-corrected chi connectivity index (χ3v) is 5.65. The van der Waals surface area contributed by atoms with Gasteiger partial charge in [-0.2, -0.15) is 0 Å². The van der Waals surface area contributed by atoms with Crippen LogP contribution < -0.4 is 0 Å². The van der Waals surface area contributed by atoms with Crippen molar-refractivity contribution in [1.29, 1.82) is 0 Å². The van der Waals surface area contributed by atoms with Gasteiger partial charge in [-0.05, 0) is 45.6 Å². The highest BCUT2D eigenvalue weighted by Gasteiger charge is 2.60. The molecule has 0 aromatic heterocycles. The Morgan fingerprint density at radius 2 is 1.90 bits per heavy atom. The fourth-order valence-corrected chi connectivity index (χ4v) is 4.47. The third kappa shape index (κ3) is 2.15. The lowest BCUT2D eigenvalue weighted by molar-refractivity contribution is -0.151. The summed E-state index contributed by atoms with van der Waals surface area (Å²) in [6.07, 6.45) is 4.24. The average Bonchev–Trinajstić information content (AvgIpc) is 2.89. The zero-order valence-corrected chi connectivity index (χ0v) is 13.5. The quantitative estimate of drug-likeness (QED) is 0.642. The molecule has 2 aliphatic rings. The van der Waals surface area contributed by atoms with Gasteiger partial charge in [0.2, 0.25) is 0 Å². The fourth-order valence-electron chi connectivity index (χ4n) is 4.47. The van der Waals surface area contributed by atoms with Crippen molar-refractivity contribution in [1.82, 2.24) is 0 Å². The van der Waals surface area contributed by atoms with E-state index in [2.05, 4.69) is 0 Å². The first-order valence-corrected chi connectivity index (χ1v) is 7.98. The molecule has 4 nitrogen and oxygen atoms in total. The van der Waals surface area contributed by atoms with Gasteiger partial charge in [0.05, 0.1) is 18.1 Å². The molecular weight excluding hydrogens is 268 g/mol. The third-order valence-electron chi connectivity index (χ3n) is 5.65. The normalized spacial score (nSPS) is 31.9. The molecule has 1 fully saturated rings. The molecule has 2 atom stereocenters. The van der Waals surface area contributed by atoms with E-state index in [4.69, 9.17) is 4.74 Å². The van der Waals surface area contributed by atoms with Gasteiger partial charge in [-0.1, -0.05) is 19.8 Å². The Morgan fingerprint density at radius 1 is 1.33 bits per heavy atom. The zero-order chi connectivity index (χ0) is 15.8. The van der Waals surface area contributed by atoms with E-state index in [9.17, 15) is 14.7 Å². The summed E-state index contributed by atoms with van der Waals surface area (Å²) < 4.78 is 5.09. The molecule has 0 radical (unpaired) electrons. The summed E-state index contributed by atoms with van der Waals surface area (Å²) in [4.78, 5) is 25.0. The standard InChI is InChI=1S/C17H26O4/c1-5-12-14(18)13(15(19)21-6-2)11(3)17(16(12,4)20)9-7-8-10-17/h12,20H,5-10H2,1-4H3. The van der Waals surface area contributed by atoms with Crippen molar-refractivity contribution in [2.45, 2.75) is 65.4 Å². The van der Waals surface area contributed by atoms with Gasteiger partial charge in [-0.3, -0.25) is 4.79 Å². The van der Waals surface area contributed by atoms with Gasteiger partial charge in [0.15, 0.2) is 5.78 Å². The summed E-state index contributed by atoms with van der Waals surface area (Å²) in [5.74, 6) is -1.31. The number of hydrogen-bond acceptors (Lipinski definition) is 4. The summed E-state index contributed by atoms with van der Waals surface area (Å²) >= 11 is 0. The maximum absolute atomic E-state index is 12.7. The summed E-state index contributed by atoms with van der Waals surface area (Å²) in [6.45, 7) is 7.48. The monoisotopic (exact) mass is 294 g/mol. The molecule has 21 heavy (non-hydrogen) atoms. The number of Topliss-reactive ketones (excluding diaryl/α,β-unsaturated/α-hetero) is 1. The van der Waals surface area contributed by atoms with E-state index in [1.54, 1.807) is 13.8 Å². The van der Waals surface area contributed by atoms with E-state index in [1.165, 1.54) is 0 Å². The lowest BCUT2D eigenvalue weighted by Gasteiger charge is -2.51. The smallest absolute Gasteiger partial charge is 0.341 e. The van der Waals surface area contributed by atoms with Gasteiger partial charge < -0.3 is 9.84 Å². The molecule has 1 spiro atoms. The highest BCUT2D eigenvalue weighted by molar-refractivity contribution is 6.20. The minimum atomic E-state index is -1.09. The van der Waals surface area contributed by atoms with Crippen molar-refractivity contribution in [3.63, 3.8) is 0 Å². The van der Waals surface area contributed by atoms with E-state index < -0.39 is 22.9 Å². The van der Waals surface area contributed by atoms with E-state index in [-0.39, 0.29) is 18.0 Å². The predicted octanol–water partition coefficient (Wildman–Crippen LogP) is 2.79. The molecule has 0 aliphatic heterocycles. The SMILES string of the molecule is CCOC(=O)C1=C(C)C2(CCCC2)C(C)(O)C(CC)C1=O. The molecule has 0 aromatic carbocycles. The molecule has 0 bridgehead atoms. The van der Waals surface area contributed by atoms with Crippen LogP contribution in [0.1, 0.15) is 59.8 Å². The van der Waals surface area contributed by atoms with Crippen LogP contribution in [-0.2, 0) is 14.3 Å². The molecule has 2 aliphatic carbocycles. The van der Waals surface area contributed by atoms with Crippen LogP contribution in [-0.4, -0.2) is 29.1 Å². The van der Waals surface area contributed by atoms with E-state index in [0.717, 1.165) is 31.3 Å². The summed E-state index contributed by atoms with van der Waals surface area (Å²) in [5, 5.41) is 11.1. The Labute approximate surface area is 126 Å². The molecule has 0 heterocycles. The zero-order valence-electron chi connectivity index (χ0n) is 13.5. The van der Waals surface area contributed by atoms with Crippen molar-refractivity contribution >= 4 is 11.8 Å².